The maximum atomic E-state index is 12.5. The van der Waals surface area contributed by atoms with Crippen molar-refractivity contribution < 1.29 is 8.42 Å². The number of aliphatic imine (C=N–C) groups is 1. The number of hydrogen-bond acceptors (Lipinski definition) is 4. The van der Waals surface area contributed by atoms with Crippen molar-refractivity contribution in [1.82, 2.24) is 10.0 Å². The van der Waals surface area contributed by atoms with Crippen molar-refractivity contribution in [1.29, 1.82) is 0 Å². The molecule has 3 rings (SSSR count). The molecule has 0 bridgehead atoms. The minimum Gasteiger partial charge on any atom is -0.313 e. The number of nitrogens with zero attached hydrogens (tertiary/aromatic N) is 1. The van der Waals surface area contributed by atoms with Crippen molar-refractivity contribution in [3.63, 3.8) is 0 Å². The molecule has 6 heteroatoms. The largest absolute Gasteiger partial charge is 0.313 e. The van der Waals surface area contributed by atoms with E-state index in [9.17, 15) is 8.42 Å². The third kappa shape index (κ3) is 6.39. The van der Waals surface area contributed by atoms with E-state index in [4.69, 9.17) is 4.99 Å². The molecule has 0 atom stereocenters. The average Bonchev–Trinajstić information content (AvgIpc) is 2.73. The number of sulfonamides is 1. The molecule has 1 aromatic carbocycles. The lowest BCUT2D eigenvalue weighted by molar-refractivity contribution is 0.375. The first-order valence-electron chi connectivity index (χ1n) is 10.9. The van der Waals surface area contributed by atoms with Crippen LogP contribution in [0.2, 0.25) is 0 Å². The number of hydrogen-bond donors (Lipinski definition) is 2. The lowest BCUT2D eigenvalue weighted by Crippen LogP contribution is -2.37. The molecular formula is C22H35N3O2S. The fourth-order valence-electron chi connectivity index (χ4n) is 4.29. The highest BCUT2D eigenvalue weighted by atomic mass is 32.2. The van der Waals surface area contributed by atoms with Gasteiger partial charge in [0.1, 0.15) is 0 Å². The van der Waals surface area contributed by atoms with Crippen LogP contribution in [-0.2, 0) is 10.0 Å². The van der Waals surface area contributed by atoms with Gasteiger partial charge in [-0.2, -0.15) is 0 Å². The van der Waals surface area contributed by atoms with E-state index in [1.165, 1.54) is 64.2 Å². The van der Waals surface area contributed by atoms with Gasteiger partial charge in [-0.1, -0.05) is 50.7 Å². The summed E-state index contributed by atoms with van der Waals surface area (Å²) in [6.07, 6.45) is 12.5. The first-order valence-corrected chi connectivity index (χ1v) is 12.4. The summed E-state index contributed by atoms with van der Waals surface area (Å²) in [6, 6.07) is 8.09. The van der Waals surface area contributed by atoms with Crippen LogP contribution in [0.25, 0.3) is 0 Å². The van der Waals surface area contributed by atoms with Gasteiger partial charge in [-0.05, 0) is 50.3 Å². The quantitative estimate of drug-likeness (QED) is 0.507. The molecule has 0 spiro atoms. The summed E-state index contributed by atoms with van der Waals surface area (Å²) in [5.74, 6) is 0. The van der Waals surface area contributed by atoms with E-state index in [0.717, 1.165) is 11.3 Å². The molecule has 28 heavy (non-hydrogen) atoms. The van der Waals surface area contributed by atoms with E-state index >= 15 is 0 Å². The van der Waals surface area contributed by atoms with E-state index in [0.29, 0.717) is 30.1 Å². The Bertz CT molecular complexity index is 732. The van der Waals surface area contributed by atoms with Crippen molar-refractivity contribution in [2.75, 3.05) is 13.1 Å². The Hall–Kier alpha value is -1.24. The minimum absolute atomic E-state index is 0.319. The molecule has 2 fully saturated rings. The lowest BCUT2D eigenvalue weighted by Gasteiger charge is -2.22. The van der Waals surface area contributed by atoms with Gasteiger partial charge in [-0.3, -0.25) is 4.99 Å². The predicted molar refractivity (Wildman–Crippen MR) is 116 cm³/mol. The minimum atomic E-state index is -3.46. The molecule has 0 saturated heterocycles. The molecule has 2 aliphatic carbocycles. The van der Waals surface area contributed by atoms with Crippen LogP contribution < -0.4 is 10.0 Å². The van der Waals surface area contributed by atoms with Crippen molar-refractivity contribution >= 4 is 15.7 Å². The summed E-state index contributed by atoms with van der Waals surface area (Å²) >= 11 is 0. The molecule has 2 aliphatic rings. The number of benzene rings is 1. The fourth-order valence-corrected chi connectivity index (χ4v) is 5.32. The van der Waals surface area contributed by atoms with Crippen molar-refractivity contribution in [3.05, 3.63) is 29.8 Å². The molecule has 156 valence electrons. The molecule has 0 heterocycles. The van der Waals surface area contributed by atoms with E-state index < -0.39 is 10.0 Å². The van der Waals surface area contributed by atoms with Gasteiger partial charge in [0.15, 0.2) is 0 Å². The SMILES string of the molecule is CC(=NC1CCCCC1)c1ccc(S(=O)(=O)NCCNC2CCCCC2)cc1. The van der Waals surface area contributed by atoms with Crippen molar-refractivity contribution in [2.24, 2.45) is 4.99 Å². The topological polar surface area (TPSA) is 70.6 Å². The highest BCUT2D eigenvalue weighted by Crippen LogP contribution is 2.21. The fraction of sp³-hybridized carbons (Fsp3) is 0.682. The van der Waals surface area contributed by atoms with Crippen LogP contribution in [0.1, 0.15) is 76.7 Å². The lowest BCUT2D eigenvalue weighted by atomic mass is 9.95. The van der Waals surface area contributed by atoms with Gasteiger partial charge < -0.3 is 5.32 Å². The normalized spacial score (nSPS) is 20.4. The van der Waals surface area contributed by atoms with E-state index in [1.807, 2.05) is 19.1 Å². The van der Waals surface area contributed by atoms with Crippen LogP contribution in [0.3, 0.4) is 0 Å². The second kappa shape index (κ2) is 10.5. The maximum Gasteiger partial charge on any atom is 0.240 e. The van der Waals surface area contributed by atoms with Gasteiger partial charge in [0.05, 0.1) is 10.9 Å². The number of nitrogens with one attached hydrogen (secondary N) is 2. The summed E-state index contributed by atoms with van der Waals surface area (Å²) in [6.45, 7) is 3.12. The Morgan fingerprint density at radius 1 is 0.929 bits per heavy atom. The van der Waals surface area contributed by atoms with Crippen LogP contribution in [0.5, 0.6) is 0 Å². The molecule has 0 amide bonds. The van der Waals surface area contributed by atoms with Gasteiger partial charge in [0, 0.05) is 24.8 Å². The van der Waals surface area contributed by atoms with Crippen LogP contribution in [0.4, 0.5) is 0 Å². The third-order valence-electron chi connectivity index (χ3n) is 5.99. The third-order valence-corrected chi connectivity index (χ3v) is 7.47. The Labute approximate surface area is 170 Å². The molecule has 2 N–H and O–H groups in total. The van der Waals surface area contributed by atoms with E-state index in [2.05, 4.69) is 10.0 Å². The molecule has 1 aromatic rings. The molecular weight excluding hydrogens is 370 g/mol. The summed E-state index contributed by atoms with van der Waals surface area (Å²) in [4.78, 5) is 5.17. The Morgan fingerprint density at radius 2 is 1.54 bits per heavy atom. The van der Waals surface area contributed by atoms with Crippen LogP contribution in [0.15, 0.2) is 34.2 Å². The first kappa shape index (κ1) is 21.5. The smallest absolute Gasteiger partial charge is 0.240 e. The van der Waals surface area contributed by atoms with Crippen LogP contribution >= 0.6 is 0 Å². The zero-order valence-corrected chi connectivity index (χ0v) is 17.9. The standard InChI is InChI=1S/C22H35N3O2S/c1-18(25-21-10-6-3-7-11-21)19-12-14-22(15-13-19)28(26,27)24-17-16-23-20-8-4-2-5-9-20/h12-15,20-21,23-24H,2-11,16-17H2,1H3. The summed E-state index contributed by atoms with van der Waals surface area (Å²) in [7, 11) is -3.46. The number of rotatable bonds is 8. The second-order valence-corrected chi connectivity index (χ2v) is 9.98. The van der Waals surface area contributed by atoms with Gasteiger partial charge in [-0.25, -0.2) is 13.1 Å². The molecule has 0 aromatic heterocycles. The van der Waals surface area contributed by atoms with E-state index in [-0.39, 0.29) is 0 Å². The van der Waals surface area contributed by atoms with E-state index in [1.54, 1.807) is 12.1 Å². The van der Waals surface area contributed by atoms with Crippen LogP contribution in [0, 0.1) is 0 Å². The first-order chi connectivity index (χ1) is 13.5. The summed E-state index contributed by atoms with van der Waals surface area (Å²) < 4.78 is 27.7. The predicted octanol–water partition coefficient (Wildman–Crippen LogP) is 4.03. The van der Waals surface area contributed by atoms with Gasteiger partial charge in [-0.15, -0.1) is 0 Å². The van der Waals surface area contributed by atoms with Gasteiger partial charge >= 0.3 is 0 Å². The highest BCUT2D eigenvalue weighted by Gasteiger charge is 2.16. The zero-order valence-electron chi connectivity index (χ0n) is 17.1. The van der Waals surface area contributed by atoms with Crippen molar-refractivity contribution in [3.8, 4) is 0 Å². The maximum absolute atomic E-state index is 12.5. The van der Waals surface area contributed by atoms with Crippen LogP contribution in [-0.4, -0.2) is 39.3 Å². The Morgan fingerprint density at radius 3 is 2.18 bits per heavy atom. The molecule has 0 unspecified atom stereocenters. The molecule has 0 aliphatic heterocycles. The van der Waals surface area contributed by atoms with Gasteiger partial charge in [0.2, 0.25) is 10.0 Å². The summed E-state index contributed by atoms with van der Waals surface area (Å²) in [5, 5.41) is 3.47. The van der Waals surface area contributed by atoms with Gasteiger partial charge in [0.25, 0.3) is 0 Å². The second-order valence-electron chi connectivity index (χ2n) is 8.22. The summed E-state index contributed by atoms with van der Waals surface area (Å²) in [5.41, 5.74) is 2.00. The van der Waals surface area contributed by atoms with Crippen molar-refractivity contribution in [2.45, 2.75) is 88.1 Å². The molecule has 0 radical (unpaired) electrons. The Kier molecular flexibility index (Phi) is 8.06. The molecule has 2 saturated carbocycles. The Balaban J connectivity index is 1.50. The molecule has 5 nitrogen and oxygen atoms in total. The average molecular weight is 406 g/mol. The monoisotopic (exact) mass is 405 g/mol. The highest BCUT2D eigenvalue weighted by molar-refractivity contribution is 7.89. The zero-order chi connectivity index (χ0) is 19.8.